The summed E-state index contributed by atoms with van der Waals surface area (Å²) in [7, 11) is 1.59. The van der Waals surface area contributed by atoms with Gasteiger partial charge in [-0.25, -0.2) is 0 Å². The quantitative estimate of drug-likeness (QED) is 0.749. The molecule has 0 aliphatic rings. The Bertz CT molecular complexity index is 768. The lowest BCUT2D eigenvalue weighted by atomic mass is 10.2. The second-order valence-corrected chi connectivity index (χ2v) is 5.41. The molecule has 0 aliphatic heterocycles. The Hall–Kier alpha value is -1.89. The van der Waals surface area contributed by atoms with E-state index in [2.05, 4.69) is 15.5 Å². The van der Waals surface area contributed by atoms with Crippen molar-refractivity contribution in [3.63, 3.8) is 0 Å². The van der Waals surface area contributed by atoms with Gasteiger partial charge >= 0.3 is 0 Å². The van der Waals surface area contributed by atoms with Crippen LogP contribution in [0.1, 0.15) is 30.4 Å². The monoisotopic (exact) mass is 321 g/mol. The molecule has 0 radical (unpaired) electrons. The van der Waals surface area contributed by atoms with Crippen LogP contribution in [0.5, 0.6) is 0 Å². The Kier molecular flexibility index (Phi) is 4.42. The molecule has 3 rings (SSSR count). The Morgan fingerprint density at radius 2 is 2.23 bits per heavy atom. The maximum atomic E-state index is 5.98. The van der Waals surface area contributed by atoms with Crippen LogP contribution in [0.3, 0.4) is 0 Å². The highest BCUT2D eigenvalue weighted by Gasteiger charge is 2.13. The van der Waals surface area contributed by atoms with Gasteiger partial charge in [-0.05, 0) is 31.2 Å². The van der Waals surface area contributed by atoms with Gasteiger partial charge in [0.15, 0.2) is 5.82 Å². The lowest BCUT2D eigenvalue weighted by Crippen LogP contribution is -2.17. The van der Waals surface area contributed by atoms with Crippen molar-refractivity contribution in [1.82, 2.24) is 15.5 Å². The Morgan fingerprint density at radius 1 is 1.36 bits per heavy atom. The van der Waals surface area contributed by atoms with Crippen LogP contribution >= 0.6 is 11.6 Å². The largest absolute Gasteiger partial charge is 0.459 e. The van der Waals surface area contributed by atoms with Crippen molar-refractivity contribution < 1.29 is 13.7 Å². The molecule has 1 atom stereocenters. The first-order valence-corrected chi connectivity index (χ1v) is 7.26. The summed E-state index contributed by atoms with van der Waals surface area (Å²) in [5, 5.41) is 8.77. The highest BCUT2D eigenvalue weighted by molar-refractivity contribution is 6.31. The number of nitrogens with zero attached hydrogens (tertiary/aromatic N) is 2. The van der Waals surface area contributed by atoms with Gasteiger partial charge < -0.3 is 13.7 Å². The molecular formula is C15H16ClN3O3. The number of hydrogen-bond donors (Lipinski definition) is 1. The second-order valence-electron chi connectivity index (χ2n) is 4.97. The van der Waals surface area contributed by atoms with Gasteiger partial charge in [0.2, 0.25) is 5.89 Å². The van der Waals surface area contributed by atoms with E-state index in [0.29, 0.717) is 29.9 Å². The first-order valence-electron chi connectivity index (χ1n) is 6.88. The molecule has 6 nitrogen and oxygen atoms in total. The fourth-order valence-corrected chi connectivity index (χ4v) is 2.32. The number of hydrogen-bond acceptors (Lipinski definition) is 6. The van der Waals surface area contributed by atoms with Gasteiger partial charge in [-0.2, -0.15) is 4.98 Å². The Balaban J connectivity index is 1.65. The number of furan rings is 1. The summed E-state index contributed by atoms with van der Waals surface area (Å²) in [6, 6.07) is 7.53. The minimum absolute atomic E-state index is 0.00366. The molecule has 2 heterocycles. The van der Waals surface area contributed by atoms with E-state index < -0.39 is 0 Å². The topological polar surface area (TPSA) is 73.3 Å². The lowest BCUT2D eigenvalue weighted by molar-refractivity contribution is 0.174. The van der Waals surface area contributed by atoms with E-state index >= 15 is 0 Å². The average molecular weight is 322 g/mol. The van der Waals surface area contributed by atoms with E-state index in [-0.39, 0.29) is 6.04 Å². The van der Waals surface area contributed by atoms with Gasteiger partial charge in [0.05, 0.1) is 12.6 Å². The summed E-state index contributed by atoms with van der Waals surface area (Å²) in [4.78, 5) is 4.21. The van der Waals surface area contributed by atoms with Crippen LogP contribution in [0, 0.1) is 0 Å². The molecule has 0 spiro atoms. The predicted molar refractivity (Wildman–Crippen MR) is 81.5 cm³/mol. The Morgan fingerprint density at radius 3 is 3.05 bits per heavy atom. The molecule has 2 aromatic heterocycles. The fourth-order valence-electron chi connectivity index (χ4n) is 2.14. The molecule has 3 aromatic rings. The number of nitrogens with one attached hydrogen (secondary N) is 1. The molecule has 116 valence electrons. The summed E-state index contributed by atoms with van der Waals surface area (Å²) >= 11 is 5.98. The van der Waals surface area contributed by atoms with Crippen molar-refractivity contribution in [1.29, 1.82) is 0 Å². The molecule has 1 N–H and O–H groups in total. The number of methoxy groups -OCH3 is 1. The standard InChI is InChI=1S/C15H16ClN3O3/c1-9(17-7-15-18-14(8-20-2)19-22-15)13-6-10-5-11(16)3-4-12(10)21-13/h3-6,9,17H,7-8H2,1-2H3/t9-/m1/s1. The van der Waals surface area contributed by atoms with E-state index in [9.17, 15) is 0 Å². The number of ether oxygens (including phenoxy) is 1. The third-order valence-electron chi connectivity index (χ3n) is 3.27. The van der Waals surface area contributed by atoms with Crippen LogP contribution in [0.2, 0.25) is 5.02 Å². The first-order chi connectivity index (χ1) is 10.7. The summed E-state index contributed by atoms with van der Waals surface area (Å²) in [5.74, 6) is 1.87. The third kappa shape index (κ3) is 3.30. The summed E-state index contributed by atoms with van der Waals surface area (Å²) < 4.78 is 15.9. The number of halogens is 1. The molecule has 0 bridgehead atoms. The molecule has 0 saturated carbocycles. The maximum Gasteiger partial charge on any atom is 0.240 e. The van der Waals surface area contributed by atoms with E-state index in [4.69, 9.17) is 25.3 Å². The lowest BCUT2D eigenvalue weighted by Gasteiger charge is -2.08. The van der Waals surface area contributed by atoms with Crippen LogP contribution in [-0.4, -0.2) is 17.3 Å². The van der Waals surface area contributed by atoms with Crippen LogP contribution in [0.15, 0.2) is 33.2 Å². The minimum atomic E-state index is 0.00366. The first kappa shape index (κ1) is 15.0. The molecule has 0 saturated heterocycles. The smallest absolute Gasteiger partial charge is 0.240 e. The normalized spacial score (nSPS) is 12.9. The van der Waals surface area contributed by atoms with Gasteiger partial charge in [0.25, 0.3) is 0 Å². The highest BCUT2D eigenvalue weighted by Crippen LogP contribution is 2.26. The van der Waals surface area contributed by atoms with Gasteiger partial charge in [-0.1, -0.05) is 16.8 Å². The zero-order valence-corrected chi connectivity index (χ0v) is 13.1. The zero-order chi connectivity index (χ0) is 15.5. The average Bonchev–Trinajstić information content (AvgIpc) is 3.11. The van der Waals surface area contributed by atoms with Crippen molar-refractivity contribution in [2.24, 2.45) is 0 Å². The van der Waals surface area contributed by atoms with E-state index in [1.165, 1.54) is 0 Å². The number of benzene rings is 1. The molecule has 1 aromatic carbocycles. The predicted octanol–water partition coefficient (Wildman–Crippen LogP) is 3.47. The highest BCUT2D eigenvalue weighted by atomic mass is 35.5. The maximum absolute atomic E-state index is 5.98. The zero-order valence-electron chi connectivity index (χ0n) is 12.3. The molecule has 0 amide bonds. The van der Waals surface area contributed by atoms with Gasteiger partial charge in [-0.3, -0.25) is 5.32 Å². The molecular weight excluding hydrogens is 306 g/mol. The summed E-state index contributed by atoms with van der Waals surface area (Å²) in [5.41, 5.74) is 0.813. The SMILES string of the molecule is COCc1noc(CN[C@H](C)c2cc3cc(Cl)ccc3o2)n1. The van der Waals surface area contributed by atoms with E-state index in [0.717, 1.165) is 16.7 Å². The fraction of sp³-hybridized carbons (Fsp3) is 0.333. The van der Waals surface area contributed by atoms with Crippen LogP contribution in [-0.2, 0) is 17.9 Å². The molecule has 22 heavy (non-hydrogen) atoms. The number of fused-ring (bicyclic) bond motifs is 1. The molecule has 7 heteroatoms. The molecule has 0 aliphatic carbocycles. The molecule has 0 unspecified atom stereocenters. The van der Waals surface area contributed by atoms with Crippen LogP contribution in [0.4, 0.5) is 0 Å². The van der Waals surface area contributed by atoms with Crippen LogP contribution in [0.25, 0.3) is 11.0 Å². The summed E-state index contributed by atoms with van der Waals surface area (Å²) in [6.45, 7) is 2.80. The van der Waals surface area contributed by atoms with Gasteiger partial charge in [-0.15, -0.1) is 0 Å². The van der Waals surface area contributed by atoms with Crippen molar-refractivity contribution in [3.05, 3.63) is 46.8 Å². The third-order valence-corrected chi connectivity index (χ3v) is 3.50. The second kappa shape index (κ2) is 6.48. The van der Waals surface area contributed by atoms with E-state index in [1.807, 2.05) is 31.2 Å². The summed E-state index contributed by atoms with van der Waals surface area (Å²) in [6.07, 6.45) is 0. The van der Waals surface area contributed by atoms with Crippen molar-refractivity contribution in [2.75, 3.05) is 7.11 Å². The van der Waals surface area contributed by atoms with Crippen molar-refractivity contribution in [2.45, 2.75) is 26.1 Å². The Labute approximate surface area is 132 Å². The van der Waals surface area contributed by atoms with Crippen LogP contribution < -0.4 is 5.32 Å². The minimum Gasteiger partial charge on any atom is -0.459 e. The van der Waals surface area contributed by atoms with Crippen molar-refractivity contribution >= 4 is 22.6 Å². The molecule has 0 fully saturated rings. The number of rotatable bonds is 6. The number of aromatic nitrogens is 2. The van der Waals surface area contributed by atoms with E-state index in [1.54, 1.807) is 7.11 Å². The van der Waals surface area contributed by atoms with Crippen molar-refractivity contribution in [3.8, 4) is 0 Å². The van der Waals surface area contributed by atoms with Gasteiger partial charge in [0.1, 0.15) is 18.0 Å². The van der Waals surface area contributed by atoms with Gasteiger partial charge in [0, 0.05) is 17.5 Å².